The van der Waals surface area contributed by atoms with Gasteiger partial charge in [0.2, 0.25) is 0 Å². The molecule has 0 spiro atoms. The van der Waals surface area contributed by atoms with Crippen molar-refractivity contribution in [2.75, 3.05) is 5.32 Å². The maximum atomic E-state index is 13.1. The molecule has 6 heteroatoms. The third kappa shape index (κ3) is 3.55. The smallest absolute Gasteiger partial charge is 0.277 e. The lowest BCUT2D eigenvalue weighted by atomic mass is 9.96. The van der Waals surface area contributed by atoms with Crippen molar-refractivity contribution in [2.45, 2.75) is 6.92 Å². The second-order valence-electron chi connectivity index (χ2n) is 6.66. The van der Waals surface area contributed by atoms with Crippen molar-refractivity contribution in [3.8, 4) is 11.1 Å². The number of nitro groups is 1. The van der Waals surface area contributed by atoms with E-state index in [0.717, 1.165) is 10.9 Å². The van der Waals surface area contributed by atoms with E-state index in [1.807, 2.05) is 31.2 Å². The zero-order valence-corrected chi connectivity index (χ0v) is 15.6. The molecule has 0 fully saturated rings. The Labute approximate surface area is 167 Å². The highest BCUT2D eigenvalue weighted by atomic mass is 16.6. The highest BCUT2D eigenvalue weighted by Crippen LogP contribution is 2.33. The molecule has 29 heavy (non-hydrogen) atoms. The number of pyridine rings is 1. The van der Waals surface area contributed by atoms with E-state index in [2.05, 4.69) is 10.3 Å². The van der Waals surface area contributed by atoms with Gasteiger partial charge in [-0.2, -0.15) is 0 Å². The summed E-state index contributed by atoms with van der Waals surface area (Å²) in [6.45, 7) is 1.86. The van der Waals surface area contributed by atoms with E-state index in [0.29, 0.717) is 27.9 Å². The van der Waals surface area contributed by atoms with Crippen LogP contribution in [-0.4, -0.2) is 15.8 Å². The molecule has 0 radical (unpaired) electrons. The Morgan fingerprint density at radius 3 is 2.59 bits per heavy atom. The molecule has 4 rings (SSSR count). The van der Waals surface area contributed by atoms with Gasteiger partial charge in [-0.15, -0.1) is 0 Å². The molecule has 1 N–H and O–H groups in total. The minimum absolute atomic E-state index is 0.0392. The monoisotopic (exact) mass is 383 g/mol. The van der Waals surface area contributed by atoms with Gasteiger partial charge < -0.3 is 5.32 Å². The lowest BCUT2D eigenvalue weighted by Gasteiger charge is -2.12. The van der Waals surface area contributed by atoms with Crippen LogP contribution in [0.2, 0.25) is 0 Å². The number of fused-ring (bicyclic) bond motifs is 1. The standard InChI is InChI=1S/C23H17N3O3/c1-15-11-12-21(26(28)29)19(14-15)17-8-2-3-9-18(17)23(27)25-20-10-4-6-16-7-5-13-24-22(16)20/h2-14H,1H3,(H,25,27). The first-order valence-electron chi connectivity index (χ1n) is 9.04. The van der Waals surface area contributed by atoms with Gasteiger partial charge >= 0.3 is 0 Å². The van der Waals surface area contributed by atoms with Crippen molar-refractivity contribution in [3.05, 3.63) is 100 Å². The van der Waals surface area contributed by atoms with Gasteiger partial charge in [0.1, 0.15) is 0 Å². The topological polar surface area (TPSA) is 85.1 Å². The minimum atomic E-state index is -0.432. The Hall–Kier alpha value is -4.06. The normalized spacial score (nSPS) is 10.7. The number of nitro benzene ring substituents is 1. The average molecular weight is 383 g/mol. The number of nitrogens with zero attached hydrogens (tertiary/aromatic N) is 2. The Morgan fingerprint density at radius 2 is 1.76 bits per heavy atom. The lowest BCUT2D eigenvalue weighted by molar-refractivity contribution is -0.384. The number of carbonyl (C=O) groups is 1. The summed E-state index contributed by atoms with van der Waals surface area (Å²) < 4.78 is 0. The van der Waals surface area contributed by atoms with Crippen LogP contribution in [0.15, 0.2) is 79.0 Å². The number of carbonyl (C=O) groups excluding carboxylic acids is 1. The number of anilines is 1. The number of hydrogen-bond acceptors (Lipinski definition) is 4. The Bertz CT molecular complexity index is 1250. The van der Waals surface area contributed by atoms with Gasteiger partial charge in [-0.1, -0.05) is 48.0 Å². The maximum absolute atomic E-state index is 13.1. The minimum Gasteiger partial charge on any atom is -0.320 e. The molecule has 1 amide bonds. The molecule has 0 aliphatic heterocycles. The highest BCUT2D eigenvalue weighted by Gasteiger charge is 2.21. The SMILES string of the molecule is Cc1ccc([N+](=O)[O-])c(-c2ccccc2C(=O)Nc2cccc3cccnc23)c1. The van der Waals surface area contributed by atoms with Crippen LogP contribution < -0.4 is 5.32 Å². The Morgan fingerprint density at radius 1 is 0.966 bits per heavy atom. The largest absolute Gasteiger partial charge is 0.320 e. The molecule has 6 nitrogen and oxygen atoms in total. The summed E-state index contributed by atoms with van der Waals surface area (Å²) in [6, 6.07) is 21.1. The molecule has 0 unspecified atom stereocenters. The number of aromatic nitrogens is 1. The summed E-state index contributed by atoms with van der Waals surface area (Å²) in [5, 5.41) is 15.3. The Kier molecular flexibility index (Phi) is 4.75. The first-order chi connectivity index (χ1) is 14.0. The van der Waals surface area contributed by atoms with Gasteiger partial charge in [0.15, 0.2) is 0 Å². The molecule has 1 heterocycles. The molecular weight excluding hydrogens is 366 g/mol. The number of rotatable bonds is 4. The third-order valence-corrected chi connectivity index (χ3v) is 4.69. The van der Waals surface area contributed by atoms with Crippen molar-refractivity contribution >= 4 is 28.2 Å². The molecule has 1 aromatic heterocycles. The first-order valence-corrected chi connectivity index (χ1v) is 9.04. The molecule has 0 aliphatic rings. The predicted molar refractivity (Wildman–Crippen MR) is 113 cm³/mol. The second kappa shape index (κ2) is 7.52. The maximum Gasteiger partial charge on any atom is 0.277 e. The van der Waals surface area contributed by atoms with Crippen molar-refractivity contribution in [3.63, 3.8) is 0 Å². The van der Waals surface area contributed by atoms with Crippen LogP contribution in [0, 0.1) is 17.0 Å². The number of aryl methyl sites for hydroxylation is 1. The predicted octanol–water partition coefficient (Wildman–Crippen LogP) is 5.37. The molecule has 142 valence electrons. The van der Waals surface area contributed by atoms with E-state index in [1.165, 1.54) is 6.07 Å². The number of hydrogen-bond donors (Lipinski definition) is 1. The molecule has 0 saturated heterocycles. The van der Waals surface area contributed by atoms with E-state index < -0.39 is 4.92 Å². The van der Waals surface area contributed by atoms with Crippen molar-refractivity contribution in [1.29, 1.82) is 0 Å². The molecule has 0 aliphatic carbocycles. The summed E-state index contributed by atoms with van der Waals surface area (Å²) in [7, 11) is 0. The van der Waals surface area contributed by atoms with E-state index >= 15 is 0 Å². The quantitative estimate of drug-likeness (QED) is 0.379. The second-order valence-corrected chi connectivity index (χ2v) is 6.66. The van der Waals surface area contributed by atoms with Crippen LogP contribution in [-0.2, 0) is 0 Å². The van der Waals surface area contributed by atoms with Gasteiger partial charge in [-0.05, 0) is 31.2 Å². The van der Waals surface area contributed by atoms with Crippen LogP contribution in [0.1, 0.15) is 15.9 Å². The number of nitrogens with one attached hydrogen (secondary N) is 1. The molecular formula is C23H17N3O3. The zero-order valence-electron chi connectivity index (χ0n) is 15.6. The van der Waals surface area contributed by atoms with Crippen LogP contribution in [0.3, 0.4) is 0 Å². The van der Waals surface area contributed by atoms with Crippen LogP contribution in [0.25, 0.3) is 22.0 Å². The van der Waals surface area contributed by atoms with Gasteiger partial charge in [0.05, 0.1) is 21.7 Å². The van der Waals surface area contributed by atoms with Gasteiger partial charge in [-0.25, -0.2) is 0 Å². The van der Waals surface area contributed by atoms with Crippen LogP contribution in [0.4, 0.5) is 11.4 Å². The fraction of sp³-hybridized carbons (Fsp3) is 0.0435. The number of benzene rings is 3. The lowest BCUT2D eigenvalue weighted by Crippen LogP contribution is -2.14. The summed E-state index contributed by atoms with van der Waals surface area (Å²) in [5.41, 5.74) is 3.38. The van der Waals surface area contributed by atoms with E-state index in [1.54, 1.807) is 48.7 Å². The van der Waals surface area contributed by atoms with Crippen molar-refractivity contribution in [2.24, 2.45) is 0 Å². The van der Waals surface area contributed by atoms with Crippen molar-refractivity contribution < 1.29 is 9.72 Å². The summed E-state index contributed by atoms with van der Waals surface area (Å²) in [4.78, 5) is 28.6. The average Bonchev–Trinajstić information content (AvgIpc) is 2.73. The fourth-order valence-corrected chi connectivity index (χ4v) is 3.34. The molecule has 4 aromatic rings. The Balaban J connectivity index is 1.79. The third-order valence-electron chi connectivity index (χ3n) is 4.69. The van der Waals surface area contributed by atoms with Crippen molar-refractivity contribution in [1.82, 2.24) is 4.98 Å². The molecule has 0 saturated carbocycles. The van der Waals surface area contributed by atoms with E-state index in [9.17, 15) is 14.9 Å². The first kappa shape index (κ1) is 18.3. The van der Waals surface area contributed by atoms with Gasteiger partial charge in [-0.3, -0.25) is 19.9 Å². The zero-order chi connectivity index (χ0) is 20.4. The van der Waals surface area contributed by atoms with E-state index in [-0.39, 0.29) is 11.6 Å². The van der Waals surface area contributed by atoms with Gasteiger partial charge in [0.25, 0.3) is 11.6 Å². The summed E-state index contributed by atoms with van der Waals surface area (Å²) in [6.07, 6.45) is 1.67. The number of amides is 1. The van der Waals surface area contributed by atoms with E-state index in [4.69, 9.17) is 0 Å². The summed E-state index contributed by atoms with van der Waals surface area (Å²) in [5.74, 6) is -0.352. The van der Waals surface area contributed by atoms with Crippen LogP contribution in [0.5, 0.6) is 0 Å². The highest BCUT2D eigenvalue weighted by molar-refractivity contribution is 6.12. The molecule has 0 atom stereocenters. The summed E-state index contributed by atoms with van der Waals surface area (Å²) >= 11 is 0. The fourth-order valence-electron chi connectivity index (χ4n) is 3.34. The molecule has 0 bridgehead atoms. The van der Waals surface area contributed by atoms with Crippen LogP contribution >= 0.6 is 0 Å². The van der Waals surface area contributed by atoms with Gasteiger partial charge in [0, 0.05) is 28.8 Å². The number of para-hydroxylation sites is 1. The molecule has 3 aromatic carbocycles.